The zero-order chi connectivity index (χ0) is 8.97. The molecule has 5 heteroatoms. The third-order valence-corrected chi connectivity index (χ3v) is 3.33. The molecule has 0 aromatic rings. The fourth-order valence-corrected chi connectivity index (χ4v) is 2.09. The first-order valence-electron chi connectivity index (χ1n) is 3.81. The van der Waals surface area contributed by atoms with Crippen LogP contribution in [0.15, 0.2) is 5.16 Å². The molecule has 0 spiro atoms. The van der Waals surface area contributed by atoms with Crippen LogP contribution in [0.2, 0.25) is 0 Å². The van der Waals surface area contributed by atoms with Crippen molar-refractivity contribution in [2.45, 2.75) is 18.6 Å². The second kappa shape index (κ2) is 4.57. The van der Waals surface area contributed by atoms with Gasteiger partial charge in [-0.1, -0.05) is 5.16 Å². The predicted molar refractivity (Wildman–Crippen MR) is 47.5 cm³/mol. The topological polar surface area (TPSA) is 47.9 Å². The van der Waals surface area contributed by atoms with E-state index >= 15 is 0 Å². The lowest BCUT2D eigenvalue weighted by Gasteiger charge is -2.18. The molecule has 1 heterocycles. The van der Waals surface area contributed by atoms with Crippen molar-refractivity contribution in [3.05, 3.63) is 0 Å². The van der Waals surface area contributed by atoms with Crippen LogP contribution in [0.5, 0.6) is 0 Å². The maximum atomic E-state index is 11.5. The van der Waals surface area contributed by atoms with Gasteiger partial charge in [-0.05, 0) is 13.3 Å². The summed E-state index contributed by atoms with van der Waals surface area (Å²) in [5, 5.41) is 4.26. The van der Waals surface area contributed by atoms with Crippen molar-refractivity contribution in [1.82, 2.24) is 0 Å². The number of nitrogens with zero attached hydrogens (tertiary/aromatic N) is 1. The van der Waals surface area contributed by atoms with Crippen LogP contribution in [-0.2, 0) is 20.4 Å². The summed E-state index contributed by atoms with van der Waals surface area (Å²) >= 11 is 0. The lowest BCUT2D eigenvalue weighted by atomic mass is 10.3. The van der Waals surface area contributed by atoms with Gasteiger partial charge in [0.05, 0.1) is 16.0 Å². The first kappa shape index (κ1) is 9.67. The molecule has 0 amide bonds. The second-order valence-electron chi connectivity index (χ2n) is 2.61. The van der Waals surface area contributed by atoms with Crippen molar-refractivity contribution in [2.75, 3.05) is 20.3 Å². The number of hydrogen-bond acceptors (Lipinski definition) is 4. The van der Waals surface area contributed by atoms with Crippen LogP contribution in [0.1, 0.15) is 13.3 Å². The summed E-state index contributed by atoms with van der Waals surface area (Å²) in [6.07, 6.45) is 0.760. The Labute approximate surface area is 74.4 Å². The molecule has 0 aromatic carbocycles. The standard InChI is InChI=1S/C7H13NO3S/c1-6-8-11-5-7(12(6)9)3-4-10-2/h7H,3-5H2,1-2H3. The third-order valence-electron chi connectivity index (χ3n) is 1.69. The van der Waals surface area contributed by atoms with Gasteiger partial charge in [0, 0.05) is 13.7 Å². The quantitative estimate of drug-likeness (QED) is 0.652. The highest BCUT2D eigenvalue weighted by Crippen LogP contribution is 2.10. The molecule has 2 unspecified atom stereocenters. The van der Waals surface area contributed by atoms with Gasteiger partial charge in [0.2, 0.25) is 0 Å². The average molecular weight is 191 g/mol. The molecule has 1 aliphatic heterocycles. The molecule has 0 aromatic heterocycles. The van der Waals surface area contributed by atoms with Crippen LogP contribution in [0.25, 0.3) is 0 Å². The smallest absolute Gasteiger partial charge is 0.141 e. The Balaban J connectivity index is 2.46. The number of oxime groups is 1. The summed E-state index contributed by atoms with van der Waals surface area (Å²) in [7, 11) is 0.653. The molecular formula is C7H13NO3S. The van der Waals surface area contributed by atoms with Crippen LogP contribution in [0.4, 0.5) is 0 Å². The zero-order valence-corrected chi connectivity index (χ0v) is 8.10. The highest BCUT2D eigenvalue weighted by atomic mass is 32.2. The van der Waals surface area contributed by atoms with Crippen molar-refractivity contribution in [3.63, 3.8) is 0 Å². The van der Waals surface area contributed by atoms with Crippen LogP contribution in [0.3, 0.4) is 0 Å². The summed E-state index contributed by atoms with van der Waals surface area (Å²) in [4.78, 5) is 4.90. The minimum absolute atomic E-state index is 0.0439. The molecule has 4 nitrogen and oxygen atoms in total. The second-order valence-corrected chi connectivity index (χ2v) is 4.46. The van der Waals surface area contributed by atoms with Crippen molar-refractivity contribution in [1.29, 1.82) is 0 Å². The van der Waals surface area contributed by atoms with E-state index < -0.39 is 10.8 Å². The number of rotatable bonds is 3. The van der Waals surface area contributed by atoms with E-state index in [4.69, 9.17) is 9.57 Å². The Hall–Kier alpha value is -0.420. The zero-order valence-electron chi connectivity index (χ0n) is 7.28. The summed E-state index contributed by atoms with van der Waals surface area (Å²) in [5.41, 5.74) is 0. The average Bonchev–Trinajstić information content (AvgIpc) is 2.08. The van der Waals surface area contributed by atoms with E-state index in [0.29, 0.717) is 18.3 Å². The van der Waals surface area contributed by atoms with Crippen LogP contribution in [-0.4, -0.2) is 34.8 Å². The van der Waals surface area contributed by atoms with Crippen LogP contribution in [0, 0.1) is 0 Å². The van der Waals surface area contributed by atoms with Gasteiger partial charge in [-0.15, -0.1) is 0 Å². The first-order chi connectivity index (χ1) is 5.75. The maximum Gasteiger partial charge on any atom is 0.141 e. The van der Waals surface area contributed by atoms with Crippen LogP contribution >= 0.6 is 0 Å². The van der Waals surface area contributed by atoms with Gasteiger partial charge in [0.1, 0.15) is 11.7 Å². The molecule has 1 aliphatic rings. The summed E-state index contributed by atoms with van der Waals surface area (Å²) in [6.45, 7) is 2.77. The van der Waals surface area contributed by atoms with Gasteiger partial charge < -0.3 is 9.57 Å². The molecule has 0 aliphatic carbocycles. The predicted octanol–water partition coefficient (Wildman–Crippen LogP) is 0.504. The van der Waals surface area contributed by atoms with Gasteiger partial charge in [0.15, 0.2) is 0 Å². The van der Waals surface area contributed by atoms with Gasteiger partial charge in [-0.3, -0.25) is 4.21 Å². The number of ether oxygens (including phenoxy) is 1. The summed E-state index contributed by atoms with van der Waals surface area (Å²) in [5.74, 6) is 0. The van der Waals surface area contributed by atoms with Crippen molar-refractivity contribution >= 4 is 15.8 Å². The van der Waals surface area contributed by atoms with Gasteiger partial charge in [-0.25, -0.2) is 0 Å². The maximum absolute atomic E-state index is 11.5. The fourth-order valence-electron chi connectivity index (χ4n) is 0.991. The van der Waals surface area contributed by atoms with Gasteiger partial charge in [-0.2, -0.15) is 0 Å². The van der Waals surface area contributed by atoms with E-state index in [9.17, 15) is 4.21 Å². The molecule has 0 radical (unpaired) electrons. The summed E-state index contributed by atoms with van der Waals surface area (Å²) in [6, 6.07) is 0. The molecule has 0 fully saturated rings. The van der Waals surface area contributed by atoms with E-state index in [1.807, 2.05) is 0 Å². The lowest BCUT2D eigenvalue weighted by molar-refractivity contribution is 0.127. The molecule has 0 saturated heterocycles. The minimum Gasteiger partial charge on any atom is -0.394 e. The van der Waals surface area contributed by atoms with E-state index in [-0.39, 0.29) is 5.25 Å². The molecule has 0 bridgehead atoms. The normalized spacial score (nSPS) is 29.3. The molecule has 0 N–H and O–H groups in total. The Bertz CT molecular complexity index is 205. The Morgan fingerprint density at radius 1 is 1.83 bits per heavy atom. The lowest BCUT2D eigenvalue weighted by Crippen LogP contribution is -2.30. The first-order valence-corrected chi connectivity index (χ1v) is 5.03. The molecular weight excluding hydrogens is 178 g/mol. The molecule has 0 saturated carbocycles. The van der Waals surface area contributed by atoms with E-state index in [0.717, 1.165) is 6.42 Å². The van der Waals surface area contributed by atoms with Crippen LogP contribution < -0.4 is 0 Å². The fraction of sp³-hybridized carbons (Fsp3) is 0.857. The van der Waals surface area contributed by atoms with Crippen molar-refractivity contribution in [3.8, 4) is 0 Å². The third kappa shape index (κ3) is 2.28. The molecule has 70 valence electrons. The Morgan fingerprint density at radius 2 is 2.58 bits per heavy atom. The number of hydrogen-bond donors (Lipinski definition) is 0. The van der Waals surface area contributed by atoms with E-state index in [1.54, 1.807) is 14.0 Å². The van der Waals surface area contributed by atoms with Gasteiger partial charge >= 0.3 is 0 Å². The van der Waals surface area contributed by atoms with Gasteiger partial charge in [0.25, 0.3) is 0 Å². The number of methoxy groups -OCH3 is 1. The molecule has 12 heavy (non-hydrogen) atoms. The monoisotopic (exact) mass is 191 g/mol. The highest BCUT2D eigenvalue weighted by molar-refractivity contribution is 8.01. The highest BCUT2D eigenvalue weighted by Gasteiger charge is 2.23. The SMILES string of the molecule is COCCC1CON=C(C)S1=O. The Kier molecular flexibility index (Phi) is 3.68. The minimum atomic E-state index is -0.979. The molecule has 2 atom stereocenters. The Morgan fingerprint density at radius 3 is 3.25 bits per heavy atom. The van der Waals surface area contributed by atoms with Crippen molar-refractivity contribution < 1.29 is 13.8 Å². The molecule has 1 rings (SSSR count). The summed E-state index contributed by atoms with van der Waals surface area (Å²) < 4.78 is 16.4. The van der Waals surface area contributed by atoms with E-state index in [1.165, 1.54) is 0 Å². The van der Waals surface area contributed by atoms with Crippen molar-refractivity contribution in [2.24, 2.45) is 5.16 Å². The van der Waals surface area contributed by atoms with E-state index in [2.05, 4.69) is 5.16 Å². The largest absolute Gasteiger partial charge is 0.394 e.